The van der Waals surface area contributed by atoms with Gasteiger partial charge in [0.2, 0.25) is 5.69 Å². The maximum absolute atomic E-state index is 12.2. The summed E-state index contributed by atoms with van der Waals surface area (Å²) in [6.07, 6.45) is 7.88. The van der Waals surface area contributed by atoms with Crippen LogP contribution in [0.3, 0.4) is 0 Å². The fraction of sp³-hybridized carbons (Fsp3) is 0.486. The molecule has 2 aliphatic heterocycles. The number of carboxylic acid groups (broad SMARTS) is 1. The van der Waals surface area contributed by atoms with E-state index in [0.717, 1.165) is 11.4 Å². The van der Waals surface area contributed by atoms with E-state index in [1.165, 1.54) is 24.3 Å². The number of benzene rings is 2. The number of fused-ring (bicyclic) bond motifs is 2. The Morgan fingerprint density at radius 2 is 1.50 bits per heavy atom. The highest BCUT2D eigenvalue weighted by Gasteiger charge is 2.48. The summed E-state index contributed by atoms with van der Waals surface area (Å²) in [6, 6.07) is 8.72. The first kappa shape index (κ1) is 41.3. The number of nitrogens with zero attached hydrogens (tertiary/aromatic N) is 2. The summed E-state index contributed by atoms with van der Waals surface area (Å²) in [5, 5.41) is 9.10. The smallest absolute Gasteiger partial charge is 0.303 e. The first-order chi connectivity index (χ1) is 24.2. The second kappa shape index (κ2) is 15.9. The van der Waals surface area contributed by atoms with Crippen molar-refractivity contribution in [1.82, 2.24) is 0 Å². The molecule has 0 amide bonds. The van der Waals surface area contributed by atoms with Gasteiger partial charge < -0.3 is 14.7 Å². The zero-order valence-corrected chi connectivity index (χ0v) is 32.1. The second-order valence-electron chi connectivity index (χ2n) is 13.5. The molecule has 0 aliphatic carbocycles. The van der Waals surface area contributed by atoms with Gasteiger partial charge in [0.1, 0.15) is 6.54 Å². The largest absolute Gasteiger partial charge is 0.481 e. The van der Waals surface area contributed by atoms with Gasteiger partial charge >= 0.3 is 5.97 Å². The van der Waals surface area contributed by atoms with E-state index in [2.05, 4.69) is 0 Å². The Kier molecular flexibility index (Phi) is 12.6. The fourth-order valence-electron chi connectivity index (χ4n) is 7.36. The number of likely N-dealkylation sites (N-methyl/N-ethyl adjacent to an activating group) is 1. The Morgan fingerprint density at radius 3 is 2.08 bits per heavy atom. The molecule has 52 heavy (non-hydrogen) atoms. The van der Waals surface area contributed by atoms with E-state index < -0.39 is 52.9 Å². The van der Waals surface area contributed by atoms with Crippen molar-refractivity contribution >= 4 is 53.4 Å². The van der Waals surface area contributed by atoms with Gasteiger partial charge in [0.15, 0.2) is 5.71 Å². The molecule has 2 atom stereocenters. The van der Waals surface area contributed by atoms with Crippen molar-refractivity contribution in [3.8, 4) is 0 Å². The Labute approximate surface area is 305 Å². The fourth-order valence-corrected chi connectivity index (χ4v) is 8.88. The first-order valence-corrected chi connectivity index (χ1v) is 21.4. The third-order valence-electron chi connectivity index (χ3n) is 10.00. The van der Waals surface area contributed by atoms with Crippen LogP contribution in [0.15, 0.2) is 70.1 Å². The maximum Gasteiger partial charge on any atom is 0.303 e. The number of hydrogen-bond acceptors (Lipinski definition) is 9. The number of anilines is 1. The van der Waals surface area contributed by atoms with Crippen molar-refractivity contribution in [2.24, 2.45) is 0 Å². The molecule has 4 rings (SSSR count). The van der Waals surface area contributed by atoms with Crippen LogP contribution < -0.4 is 4.90 Å². The molecule has 0 radical (unpaired) electrons. The Bertz CT molecular complexity index is 2130. The third kappa shape index (κ3) is 9.01. The molecule has 2 heterocycles. The summed E-state index contributed by atoms with van der Waals surface area (Å²) in [7, 11) is -11.8. The van der Waals surface area contributed by atoms with E-state index in [1.54, 1.807) is 19.2 Å². The minimum Gasteiger partial charge on any atom is -0.481 e. The summed E-state index contributed by atoms with van der Waals surface area (Å²) in [5.74, 6) is -1.43. The normalized spacial score (nSPS) is 21.4. The highest BCUT2D eigenvalue weighted by molar-refractivity contribution is 7.86. The van der Waals surface area contributed by atoms with Gasteiger partial charge in [-0.25, -0.2) is 0 Å². The van der Waals surface area contributed by atoms with Crippen molar-refractivity contribution in [2.45, 2.75) is 86.3 Å². The van der Waals surface area contributed by atoms with Crippen molar-refractivity contribution in [3.63, 3.8) is 0 Å². The highest BCUT2D eigenvalue weighted by Crippen LogP contribution is 2.51. The predicted octanol–water partition coefficient (Wildman–Crippen LogP) is 5.12. The molecule has 4 N–H and O–H groups in total. The lowest BCUT2D eigenvalue weighted by atomic mass is 9.75. The molecule has 2 aliphatic rings. The number of hydrogen-bond donors (Lipinski definition) is 4. The van der Waals surface area contributed by atoms with Crippen molar-refractivity contribution in [3.05, 3.63) is 71.5 Å². The van der Waals surface area contributed by atoms with Crippen LogP contribution in [0, 0.1) is 0 Å². The molecule has 0 saturated carbocycles. The van der Waals surface area contributed by atoms with Gasteiger partial charge in [0.25, 0.3) is 30.4 Å². The highest BCUT2D eigenvalue weighted by atomic mass is 32.2. The standard InChI is InChI=1S/C35H46N2O12S3/c1-5-36-29-16-14-25(51(43,44)45)23-27(29)35(3,19-21-49-4)31(36)11-9-12-32-34(2,18-10-22-50(40,41)42)28-24-26(52(46,47)48)15-17-30(28)37(32)20-8-6-7-13-33(38)39/h9,11-12,14-17,23-24H,5-8,10,13,18-22H2,1-4H3,(H3-,38,39,40,41,42,43,44,45,46,47,48)/p+1. The molecule has 2 unspecified atom stereocenters. The SMILES string of the molecule is CCN1C(=CC=CC2=[N+](CCCCCC(=O)O)c3ccc(S(=O)(=O)O)cc3C2(C)CCCS(=O)(=O)O)C(C)(CCOC)c2cc(S(=O)(=O)O)ccc21. The monoisotopic (exact) mass is 783 g/mol. The van der Waals surface area contributed by atoms with Crippen LogP contribution in [-0.4, -0.2) is 92.8 Å². The summed E-state index contributed by atoms with van der Waals surface area (Å²) >= 11 is 0. The number of unbranched alkanes of at least 4 members (excludes halogenated alkanes) is 2. The average Bonchev–Trinajstić information content (AvgIpc) is 3.42. The van der Waals surface area contributed by atoms with Gasteiger partial charge in [0.05, 0.1) is 21.0 Å². The molecule has 286 valence electrons. The van der Waals surface area contributed by atoms with Gasteiger partial charge in [-0.3, -0.25) is 18.5 Å². The molecule has 2 aromatic carbocycles. The molecular weight excluding hydrogens is 737 g/mol. The molecule has 2 aromatic rings. The number of aliphatic carboxylic acids is 1. The summed E-state index contributed by atoms with van der Waals surface area (Å²) in [5.41, 5.74) is 2.39. The second-order valence-corrected chi connectivity index (χ2v) is 17.9. The minimum absolute atomic E-state index is 0.00951. The maximum atomic E-state index is 12.2. The molecular formula is C35H47N2O12S3+. The third-order valence-corrected chi connectivity index (χ3v) is 12.5. The quantitative estimate of drug-likeness (QED) is 0.0878. The van der Waals surface area contributed by atoms with Crippen molar-refractivity contribution in [1.29, 1.82) is 0 Å². The van der Waals surface area contributed by atoms with Crippen LogP contribution in [0.5, 0.6) is 0 Å². The number of allylic oxidation sites excluding steroid dienone is 4. The van der Waals surface area contributed by atoms with E-state index in [0.29, 0.717) is 67.9 Å². The Balaban J connectivity index is 1.89. The van der Waals surface area contributed by atoms with Crippen LogP contribution in [0.4, 0.5) is 11.4 Å². The van der Waals surface area contributed by atoms with E-state index in [9.17, 15) is 43.7 Å². The average molecular weight is 784 g/mol. The molecule has 17 heteroatoms. The lowest BCUT2D eigenvalue weighted by molar-refractivity contribution is -0.438. The van der Waals surface area contributed by atoms with E-state index >= 15 is 0 Å². The summed E-state index contributed by atoms with van der Waals surface area (Å²) in [4.78, 5) is 12.6. The predicted molar refractivity (Wildman–Crippen MR) is 196 cm³/mol. The van der Waals surface area contributed by atoms with Gasteiger partial charge in [-0.15, -0.1) is 0 Å². The molecule has 0 fully saturated rings. The Hall–Kier alpha value is -3.45. The van der Waals surface area contributed by atoms with Crippen LogP contribution >= 0.6 is 0 Å². The van der Waals surface area contributed by atoms with Crippen molar-refractivity contribution in [2.75, 3.05) is 37.5 Å². The number of methoxy groups -OCH3 is 1. The first-order valence-electron chi connectivity index (χ1n) is 16.9. The number of carbonyl (C=O) groups is 1. The molecule has 14 nitrogen and oxygen atoms in total. The summed E-state index contributed by atoms with van der Waals surface area (Å²) in [6.45, 7) is 7.04. The van der Waals surface area contributed by atoms with Crippen LogP contribution in [-0.2, 0) is 50.7 Å². The van der Waals surface area contributed by atoms with Crippen LogP contribution in [0.2, 0.25) is 0 Å². The number of ether oxygens (including phenoxy) is 1. The van der Waals surface area contributed by atoms with Gasteiger partial charge in [-0.1, -0.05) is 6.08 Å². The van der Waals surface area contributed by atoms with Crippen molar-refractivity contribution < 1.29 is 58.1 Å². The van der Waals surface area contributed by atoms with E-state index in [-0.39, 0.29) is 29.1 Å². The number of rotatable bonds is 18. The Morgan fingerprint density at radius 1 is 0.865 bits per heavy atom. The van der Waals surface area contributed by atoms with Crippen LogP contribution in [0.25, 0.3) is 0 Å². The lowest BCUT2D eigenvalue weighted by Gasteiger charge is -2.29. The van der Waals surface area contributed by atoms with Gasteiger partial charge in [-0.2, -0.15) is 29.8 Å². The van der Waals surface area contributed by atoms with Gasteiger partial charge in [-0.05, 0) is 94.8 Å². The van der Waals surface area contributed by atoms with Gasteiger partial charge in [0, 0.05) is 67.6 Å². The lowest BCUT2D eigenvalue weighted by Crippen LogP contribution is -2.32. The topological polar surface area (TPSA) is 216 Å². The van der Waals surface area contributed by atoms with E-state index in [4.69, 9.17) is 9.84 Å². The summed E-state index contributed by atoms with van der Waals surface area (Å²) < 4.78 is 109. The molecule has 0 spiro atoms. The molecule has 0 saturated heterocycles. The zero-order valence-electron chi connectivity index (χ0n) is 29.6. The number of carboxylic acids is 1. The zero-order chi connectivity index (χ0) is 38.7. The molecule has 0 bridgehead atoms. The molecule has 0 aromatic heterocycles. The minimum atomic E-state index is -4.60. The van der Waals surface area contributed by atoms with Crippen LogP contribution in [0.1, 0.15) is 76.8 Å². The van der Waals surface area contributed by atoms with E-state index in [1.807, 2.05) is 48.5 Å².